The van der Waals surface area contributed by atoms with Gasteiger partial charge in [0.2, 0.25) is 0 Å². The van der Waals surface area contributed by atoms with E-state index in [9.17, 15) is 0 Å². The lowest BCUT2D eigenvalue weighted by Gasteiger charge is -2.25. The summed E-state index contributed by atoms with van der Waals surface area (Å²) in [4.78, 5) is 8.79. The summed E-state index contributed by atoms with van der Waals surface area (Å²) in [6.07, 6.45) is 12.2. The molecule has 2 saturated heterocycles. The van der Waals surface area contributed by atoms with Crippen molar-refractivity contribution in [2.75, 3.05) is 26.3 Å². The maximum atomic E-state index is 6.17. The minimum absolute atomic E-state index is 0.503. The van der Waals surface area contributed by atoms with E-state index in [0.717, 1.165) is 50.4 Å². The van der Waals surface area contributed by atoms with Crippen molar-refractivity contribution < 1.29 is 4.74 Å². The smallest absolute Gasteiger partial charge is 0.152 e. The molecule has 0 unspecified atom stereocenters. The largest absolute Gasteiger partial charge is 0.390 e. The van der Waals surface area contributed by atoms with E-state index in [1.54, 1.807) is 24.1 Å². The Morgan fingerprint density at radius 2 is 1.82 bits per heavy atom. The van der Waals surface area contributed by atoms with Crippen molar-refractivity contribution in [2.45, 2.75) is 65.2 Å². The second kappa shape index (κ2) is 15.6. The average molecular weight is 489 g/mol. The summed E-state index contributed by atoms with van der Waals surface area (Å²) < 4.78 is 6.53. The number of nitrogens with zero attached hydrogens (tertiary/aromatic N) is 4. The molecule has 0 amide bonds. The molecule has 188 valence electrons. The number of rotatable bonds is 5. The summed E-state index contributed by atoms with van der Waals surface area (Å²) in [5.74, 6) is 0.562. The van der Waals surface area contributed by atoms with Gasteiger partial charge in [0.15, 0.2) is 5.15 Å². The van der Waals surface area contributed by atoms with E-state index >= 15 is 0 Å². The van der Waals surface area contributed by atoms with Gasteiger partial charge in [0.25, 0.3) is 0 Å². The van der Waals surface area contributed by atoms with Crippen molar-refractivity contribution in [1.82, 2.24) is 15.1 Å². The summed E-state index contributed by atoms with van der Waals surface area (Å²) in [7, 11) is 1.78. The lowest BCUT2D eigenvalue weighted by molar-refractivity contribution is 0.198. The van der Waals surface area contributed by atoms with Crippen molar-refractivity contribution in [3.05, 3.63) is 40.2 Å². The fourth-order valence-corrected chi connectivity index (χ4v) is 3.89. The number of nitrogens with two attached hydrogens (primary N) is 1. The number of aromatic nitrogens is 2. The van der Waals surface area contributed by atoms with Crippen LogP contribution in [0.3, 0.4) is 0 Å². The number of hydrogen-bond donors (Lipinski definition) is 2. The van der Waals surface area contributed by atoms with Crippen LogP contribution in [0.2, 0.25) is 5.15 Å². The molecule has 4 rings (SSSR count). The highest BCUT2D eigenvalue weighted by atomic mass is 35.5. The van der Waals surface area contributed by atoms with Gasteiger partial charge < -0.3 is 15.8 Å². The Morgan fingerprint density at radius 1 is 1.15 bits per heavy atom. The maximum Gasteiger partial charge on any atom is 0.152 e. The van der Waals surface area contributed by atoms with Crippen LogP contribution in [-0.4, -0.2) is 48.6 Å². The highest BCUT2D eigenvalue weighted by Gasteiger charge is 2.18. The van der Waals surface area contributed by atoms with Crippen LogP contribution in [0.5, 0.6) is 0 Å². The molecule has 0 bridgehead atoms. The van der Waals surface area contributed by atoms with Crippen LogP contribution in [-0.2, 0) is 11.8 Å². The molecule has 1 aromatic carbocycles. The number of aliphatic imine (C=N–C) groups is 2. The van der Waals surface area contributed by atoms with Crippen LogP contribution in [0, 0.1) is 6.92 Å². The Kier molecular flexibility index (Phi) is 12.9. The van der Waals surface area contributed by atoms with Gasteiger partial charge in [-0.3, -0.25) is 9.67 Å². The van der Waals surface area contributed by atoms with E-state index in [1.165, 1.54) is 43.1 Å². The highest BCUT2D eigenvalue weighted by Crippen LogP contribution is 2.33. The molecule has 8 heteroatoms. The number of nitrogens with one attached hydrogen (secondary N) is 1. The first-order valence-corrected chi connectivity index (χ1v) is 12.8. The number of hydrogen-bond acceptors (Lipinski definition) is 5. The lowest BCUT2D eigenvalue weighted by atomic mass is 9.86. The molecule has 7 nitrogen and oxygen atoms in total. The first-order valence-electron chi connectivity index (χ1n) is 12.4. The normalized spacial score (nSPS) is 16.4. The first kappa shape index (κ1) is 28.0. The Bertz CT molecular complexity index is 905. The predicted octanol–water partition coefficient (Wildman–Crippen LogP) is 5.82. The van der Waals surface area contributed by atoms with Gasteiger partial charge in [-0.25, -0.2) is 4.99 Å². The molecule has 0 spiro atoms. The van der Waals surface area contributed by atoms with Crippen molar-refractivity contribution in [3.63, 3.8) is 0 Å². The second-order valence-corrected chi connectivity index (χ2v) is 8.95. The van der Waals surface area contributed by atoms with E-state index in [4.69, 9.17) is 22.1 Å². The van der Waals surface area contributed by atoms with Gasteiger partial charge >= 0.3 is 0 Å². The first-order chi connectivity index (χ1) is 16.5. The zero-order valence-corrected chi connectivity index (χ0v) is 21.9. The van der Waals surface area contributed by atoms with Crippen molar-refractivity contribution >= 4 is 35.5 Å². The number of halogens is 1. The maximum absolute atomic E-state index is 6.17. The molecule has 2 fully saturated rings. The van der Waals surface area contributed by atoms with Gasteiger partial charge in [0.1, 0.15) is 5.69 Å². The van der Waals surface area contributed by atoms with Crippen LogP contribution in [0.25, 0.3) is 0 Å². The SMILES string of the molecule is C1CCOC1.CCCC.Cc1cc(C=Nc2cnn(C)c2Cl)c(N=CN)cc1C1CCNCC1. The third-order valence-corrected chi connectivity index (χ3v) is 6.36. The van der Waals surface area contributed by atoms with Crippen LogP contribution < -0.4 is 11.1 Å². The molecule has 0 aliphatic carbocycles. The summed E-state index contributed by atoms with van der Waals surface area (Å²) in [6, 6.07) is 4.26. The number of unbranched alkanes of at least 4 members (excludes halogenated alkanes) is 1. The summed E-state index contributed by atoms with van der Waals surface area (Å²) >= 11 is 6.17. The minimum atomic E-state index is 0.503. The monoisotopic (exact) mass is 488 g/mol. The van der Waals surface area contributed by atoms with Crippen LogP contribution in [0.15, 0.2) is 28.3 Å². The molecule has 0 saturated carbocycles. The summed E-state index contributed by atoms with van der Waals surface area (Å²) in [5.41, 5.74) is 10.5. The molecule has 34 heavy (non-hydrogen) atoms. The quantitative estimate of drug-likeness (QED) is 0.409. The van der Waals surface area contributed by atoms with Gasteiger partial charge in [0.05, 0.1) is 18.2 Å². The Balaban J connectivity index is 0.000000382. The van der Waals surface area contributed by atoms with Crippen molar-refractivity contribution in [1.29, 1.82) is 0 Å². The molecule has 2 aliphatic heterocycles. The summed E-state index contributed by atoms with van der Waals surface area (Å²) in [5, 5.41) is 8.01. The van der Waals surface area contributed by atoms with Crippen LogP contribution >= 0.6 is 11.6 Å². The fraction of sp³-hybridized carbons (Fsp3) is 0.577. The zero-order valence-electron chi connectivity index (χ0n) is 21.2. The molecule has 3 N–H and O–H groups in total. The predicted molar refractivity (Wildman–Crippen MR) is 144 cm³/mol. The topological polar surface area (TPSA) is 89.8 Å². The van der Waals surface area contributed by atoms with E-state index in [1.807, 2.05) is 0 Å². The standard InChI is InChI=1S/C18H23ClN6.C4H8O.C4H10/c1-12-7-14(9-22-17-10-24-25(2)18(17)19)16(23-11-20)8-15(12)13-3-5-21-6-4-13;1-2-4-5-3-1;1-3-4-2/h7-11,13,21H,3-6H2,1-2H3,(H2,20,23);1-4H2;3-4H2,1-2H3. The summed E-state index contributed by atoms with van der Waals surface area (Å²) in [6.45, 7) is 10.6. The molecule has 2 aromatic rings. The highest BCUT2D eigenvalue weighted by molar-refractivity contribution is 6.32. The van der Waals surface area contributed by atoms with E-state index in [0.29, 0.717) is 16.8 Å². The Hall–Kier alpha value is -2.22. The molecule has 2 aliphatic rings. The number of ether oxygens (including phenoxy) is 1. The van der Waals surface area contributed by atoms with Gasteiger partial charge in [-0.05, 0) is 74.9 Å². The van der Waals surface area contributed by atoms with Gasteiger partial charge in [0, 0.05) is 32.0 Å². The number of piperidine rings is 1. The third-order valence-electron chi connectivity index (χ3n) is 5.93. The molecule has 1 aromatic heterocycles. The van der Waals surface area contributed by atoms with E-state index in [2.05, 4.69) is 53.3 Å². The fourth-order valence-electron chi connectivity index (χ4n) is 3.75. The zero-order chi connectivity index (χ0) is 24.8. The second-order valence-electron chi connectivity index (χ2n) is 8.59. The molecular weight excluding hydrogens is 448 g/mol. The molecule has 3 heterocycles. The minimum Gasteiger partial charge on any atom is -0.390 e. The van der Waals surface area contributed by atoms with E-state index in [-0.39, 0.29) is 0 Å². The van der Waals surface area contributed by atoms with Crippen molar-refractivity contribution in [3.8, 4) is 0 Å². The van der Waals surface area contributed by atoms with Gasteiger partial charge in [-0.15, -0.1) is 0 Å². The molecule has 0 atom stereocenters. The van der Waals surface area contributed by atoms with Crippen LogP contribution in [0.4, 0.5) is 11.4 Å². The third kappa shape index (κ3) is 8.85. The number of benzene rings is 1. The van der Waals surface area contributed by atoms with E-state index < -0.39 is 0 Å². The van der Waals surface area contributed by atoms with Crippen LogP contribution in [0.1, 0.15) is 75.0 Å². The van der Waals surface area contributed by atoms with Gasteiger partial charge in [-0.1, -0.05) is 38.3 Å². The number of aryl methyl sites for hydroxylation is 2. The van der Waals surface area contributed by atoms with Gasteiger partial charge in [-0.2, -0.15) is 5.10 Å². The van der Waals surface area contributed by atoms with Crippen molar-refractivity contribution in [2.24, 2.45) is 22.8 Å². The Labute approximate surface area is 209 Å². The Morgan fingerprint density at radius 3 is 2.32 bits per heavy atom. The molecule has 0 radical (unpaired) electrons. The molecular formula is C26H41ClN6O. The lowest BCUT2D eigenvalue weighted by Crippen LogP contribution is -2.27. The average Bonchev–Trinajstić information content (AvgIpc) is 3.55.